The maximum atomic E-state index is 12.4. The Labute approximate surface area is 156 Å². The minimum atomic E-state index is -0.0319. The van der Waals surface area contributed by atoms with E-state index in [-0.39, 0.29) is 18.3 Å². The number of hydrogen-bond donors (Lipinski definition) is 2. The van der Waals surface area contributed by atoms with E-state index in [0.29, 0.717) is 13.2 Å². The molecule has 0 atom stereocenters. The standard InChI is InChI=1S/C19H27N3O2.ClH/c1-14-6-5-7-17(12-14)22-15(2)13-18(16(22)3)19(23)21-9-8-20-10-11-24-4;/h5-7,12-13,20H,8-11H2,1-4H3,(H,21,23);1H. The summed E-state index contributed by atoms with van der Waals surface area (Å²) in [4.78, 5) is 12.4. The zero-order chi connectivity index (χ0) is 17.5. The lowest BCUT2D eigenvalue weighted by Gasteiger charge is -2.11. The average Bonchev–Trinajstić information content (AvgIpc) is 2.85. The highest BCUT2D eigenvalue weighted by Gasteiger charge is 2.16. The van der Waals surface area contributed by atoms with Crippen LogP contribution in [0.4, 0.5) is 0 Å². The van der Waals surface area contributed by atoms with Crippen LogP contribution in [0.3, 0.4) is 0 Å². The van der Waals surface area contributed by atoms with Gasteiger partial charge in [0, 0.05) is 43.8 Å². The smallest absolute Gasteiger partial charge is 0.253 e. The number of methoxy groups -OCH3 is 1. The molecule has 0 aliphatic heterocycles. The molecule has 1 aromatic carbocycles. The van der Waals surface area contributed by atoms with Crippen LogP contribution in [0, 0.1) is 20.8 Å². The first-order valence-electron chi connectivity index (χ1n) is 8.28. The van der Waals surface area contributed by atoms with E-state index in [2.05, 4.69) is 40.3 Å². The summed E-state index contributed by atoms with van der Waals surface area (Å²) in [5, 5.41) is 6.18. The summed E-state index contributed by atoms with van der Waals surface area (Å²) in [7, 11) is 1.67. The predicted molar refractivity (Wildman–Crippen MR) is 104 cm³/mol. The Morgan fingerprint density at radius 3 is 2.56 bits per heavy atom. The van der Waals surface area contributed by atoms with Gasteiger partial charge in [-0.3, -0.25) is 4.79 Å². The molecule has 1 heterocycles. The molecule has 5 nitrogen and oxygen atoms in total. The Bertz CT molecular complexity index is 698. The molecule has 0 fully saturated rings. The molecule has 2 aromatic rings. The SMILES string of the molecule is COCCNCCNC(=O)c1cc(C)n(-c2cccc(C)c2)c1C.Cl. The van der Waals surface area contributed by atoms with Gasteiger partial charge in [-0.05, 0) is 44.5 Å². The van der Waals surface area contributed by atoms with Gasteiger partial charge < -0.3 is 19.9 Å². The van der Waals surface area contributed by atoms with E-state index >= 15 is 0 Å². The summed E-state index contributed by atoms with van der Waals surface area (Å²) in [6.07, 6.45) is 0. The van der Waals surface area contributed by atoms with Gasteiger partial charge in [-0.2, -0.15) is 0 Å². The lowest BCUT2D eigenvalue weighted by atomic mass is 10.2. The predicted octanol–water partition coefficient (Wildman–Crippen LogP) is 2.79. The molecule has 0 aliphatic carbocycles. The lowest BCUT2D eigenvalue weighted by Crippen LogP contribution is -2.33. The number of aromatic nitrogens is 1. The first-order valence-corrected chi connectivity index (χ1v) is 8.28. The van der Waals surface area contributed by atoms with Gasteiger partial charge in [0.2, 0.25) is 0 Å². The number of rotatable bonds is 8. The fraction of sp³-hybridized carbons (Fsp3) is 0.421. The molecule has 1 amide bonds. The summed E-state index contributed by atoms with van der Waals surface area (Å²) in [5.41, 5.74) is 5.04. The van der Waals surface area contributed by atoms with Crippen LogP contribution >= 0.6 is 12.4 Å². The molecule has 25 heavy (non-hydrogen) atoms. The fourth-order valence-electron chi connectivity index (χ4n) is 2.82. The van der Waals surface area contributed by atoms with E-state index in [0.717, 1.165) is 35.7 Å². The minimum Gasteiger partial charge on any atom is -0.383 e. The van der Waals surface area contributed by atoms with Crippen LogP contribution < -0.4 is 10.6 Å². The average molecular weight is 366 g/mol. The van der Waals surface area contributed by atoms with Crippen LogP contribution in [0.5, 0.6) is 0 Å². The first-order chi connectivity index (χ1) is 11.5. The quantitative estimate of drug-likeness (QED) is 0.707. The number of nitrogens with zero attached hydrogens (tertiary/aromatic N) is 1. The molecular weight excluding hydrogens is 338 g/mol. The number of carbonyl (C=O) groups is 1. The molecule has 1 aromatic heterocycles. The number of carbonyl (C=O) groups excluding carboxylic acids is 1. The normalized spacial score (nSPS) is 10.4. The number of nitrogens with one attached hydrogen (secondary N) is 2. The Morgan fingerprint density at radius 2 is 1.88 bits per heavy atom. The van der Waals surface area contributed by atoms with Crippen molar-refractivity contribution >= 4 is 18.3 Å². The summed E-state index contributed by atoms with van der Waals surface area (Å²) in [6.45, 7) is 8.86. The molecule has 0 saturated carbocycles. The van der Waals surface area contributed by atoms with E-state index in [9.17, 15) is 4.79 Å². The number of ether oxygens (including phenoxy) is 1. The lowest BCUT2D eigenvalue weighted by molar-refractivity contribution is 0.0953. The second kappa shape index (κ2) is 10.2. The van der Waals surface area contributed by atoms with Crippen LogP contribution in [0.15, 0.2) is 30.3 Å². The van der Waals surface area contributed by atoms with Gasteiger partial charge in [-0.1, -0.05) is 12.1 Å². The topological polar surface area (TPSA) is 55.3 Å². The highest BCUT2D eigenvalue weighted by molar-refractivity contribution is 5.95. The van der Waals surface area contributed by atoms with Crippen molar-refractivity contribution in [1.82, 2.24) is 15.2 Å². The van der Waals surface area contributed by atoms with Crippen molar-refractivity contribution in [2.75, 3.05) is 33.4 Å². The highest BCUT2D eigenvalue weighted by atomic mass is 35.5. The second-order valence-corrected chi connectivity index (χ2v) is 5.96. The zero-order valence-electron chi connectivity index (χ0n) is 15.4. The molecule has 2 N–H and O–H groups in total. The van der Waals surface area contributed by atoms with Crippen LogP contribution in [0.25, 0.3) is 5.69 Å². The molecule has 6 heteroatoms. The van der Waals surface area contributed by atoms with Crippen LogP contribution in [-0.4, -0.2) is 43.8 Å². The van der Waals surface area contributed by atoms with Gasteiger partial charge in [0.05, 0.1) is 12.2 Å². The van der Waals surface area contributed by atoms with E-state index in [4.69, 9.17) is 4.74 Å². The van der Waals surface area contributed by atoms with Crippen LogP contribution in [-0.2, 0) is 4.74 Å². The summed E-state index contributed by atoms with van der Waals surface area (Å²) in [5.74, 6) is -0.0319. The Hall–Kier alpha value is -1.82. The number of halogens is 1. The van der Waals surface area contributed by atoms with Gasteiger partial charge in [0.25, 0.3) is 5.91 Å². The number of benzene rings is 1. The van der Waals surface area contributed by atoms with Gasteiger partial charge in [-0.25, -0.2) is 0 Å². The molecular formula is C19H28ClN3O2. The molecule has 0 saturated heterocycles. The van der Waals surface area contributed by atoms with Crippen molar-refractivity contribution in [2.24, 2.45) is 0 Å². The maximum absolute atomic E-state index is 12.4. The monoisotopic (exact) mass is 365 g/mol. The van der Waals surface area contributed by atoms with Crippen LogP contribution in [0.2, 0.25) is 0 Å². The first kappa shape index (κ1) is 21.2. The molecule has 138 valence electrons. The van der Waals surface area contributed by atoms with Crippen LogP contribution in [0.1, 0.15) is 27.3 Å². The van der Waals surface area contributed by atoms with Gasteiger partial charge in [0.1, 0.15) is 0 Å². The van der Waals surface area contributed by atoms with Crippen molar-refractivity contribution in [2.45, 2.75) is 20.8 Å². The van der Waals surface area contributed by atoms with E-state index < -0.39 is 0 Å². The van der Waals surface area contributed by atoms with Gasteiger partial charge in [0.15, 0.2) is 0 Å². The number of hydrogen-bond acceptors (Lipinski definition) is 3. The molecule has 2 rings (SSSR count). The summed E-state index contributed by atoms with van der Waals surface area (Å²) in [6, 6.07) is 10.2. The zero-order valence-corrected chi connectivity index (χ0v) is 16.2. The summed E-state index contributed by atoms with van der Waals surface area (Å²) < 4.78 is 7.09. The van der Waals surface area contributed by atoms with Crippen molar-refractivity contribution in [3.8, 4) is 5.69 Å². The van der Waals surface area contributed by atoms with Gasteiger partial charge in [-0.15, -0.1) is 12.4 Å². The summed E-state index contributed by atoms with van der Waals surface area (Å²) >= 11 is 0. The minimum absolute atomic E-state index is 0. The van der Waals surface area contributed by atoms with Crippen molar-refractivity contribution in [3.05, 3.63) is 52.8 Å². The molecule has 0 spiro atoms. The molecule has 0 bridgehead atoms. The fourth-order valence-corrected chi connectivity index (χ4v) is 2.82. The van der Waals surface area contributed by atoms with Crippen molar-refractivity contribution < 1.29 is 9.53 Å². The molecule has 0 radical (unpaired) electrons. The largest absolute Gasteiger partial charge is 0.383 e. The maximum Gasteiger partial charge on any atom is 0.253 e. The van der Waals surface area contributed by atoms with E-state index in [1.807, 2.05) is 26.0 Å². The van der Waals surface area contributed by atoms with Crippen molar-refractivity contribution in [3.63, 3.8) is 0 Å². The second-order valence-electron chi connectivity index (χ2n) is 5.96. The Balaban J connectivity index is 0.00000312. The molecule has 0 unspecified atom stereocenters. The van der Waals surface area contributed by atoms with E-state index in [1.165, 1.54) is 5.56 Å². The Kier molecular flexibility index (Phi) is 8.69. The van der Waals surface area contributed by atoms with E-state index in [1.54, 1.807) is 7.11 Å². The number of amides is 1. The van der Waals surface area contributed by atoms with Gasteiger partial charge >= 0.3 is 0 Å². The highest BCUT2D eigenvalue weighted by Crippen LogP contribution is 2.21. The van der Waals surface area contributed by atoms with Crippen molar-refractivity contribution in [1.29, 1.82) is 0 Å². The third kappa shape index (κ3) is 5.59. The molecule has 0 aliphatic rings. The number of aryl methyl sites for hydroxylation is 2. The Morgan fingerprint density at radius 1 is 1.12 bits per heavy atom. The third-order valence-corrected chi connectivity index (χ3v) is 4.01. The third-order valence-electron chi connectivity index (χ3n) is 4.01.